The molecule has 0 aromatic heterocycles. The fourth-order valence-corrected chi connectivity index (χ4v) is 2.20. The number of hydrogen-bond acceptors (Lipinski definition) is 2. The number of halogens is 1. The van der Waals surface area contributed by atoms with Gasteiger partial charge in [0.25, 0.3) is 0 Å². The first-order chi connectivity index (χ1) is 8.25. The highest BCUT2D eigenvalue weighted by atomic mass is 32.2. The van der Waals surface area contributed by atoms with E-state index in [1.54, 1.807) is 0 Å². The number of Topliss-reactive ketones (excluding diaryl/α,β-unsaturated/α-hetero) is 1. The second kappa shape index (κ2) is 5.64. The summed E-state index contributed by atoms with van der Waals surface area (Å²) in [6, 6.07) is 15.4. The van der Waals surface area contributed by atoms with Crippen LogP contribution in [0, 0.1) is 5.82 Å². The molecule has 0 saturated carbocycles. The first-order valence-corrected chi connectivity index (χ1v) is 6.21. The van der Waals surface area contributed by atoms with Crippen LogP contribution in [0.1, 0.15) is 10.4 Å². The third kappa shape index (κ3) is 3.43. The largest absolute Gasteiger partial charge is 0.293 e. The van der Waals surface area contributed by atoms with Gasteiger partial charge in [0, 0.05) is 10.5 Å². The van der Waals surface area contributed by atoms with Gasteiger partial charge in [0.1, 0.15) is 5.82 Å². The molecule has 1 nitrogen and oxygen atoms in total. The van der Waals surface area contributed by atoms with Gasteiger partial charge in [-0.1, -0.05) is 18.2 Å². The van der Waals surface area contributed by atoms with Crippen LogP contribution < -0.4 is 0 Å². The zero-order valence-electron chi connectivity index (χ0n) is 9.10. The maximum atomic E-state index is 12.7. The molecule has 0 amide bonds. The lowest BCUT2D eigenvalue weighted by Gasteiger charge is -2.01. The minimum Gasteiger partial charge on any atom is -0.293 e. The summed E-state index contributed by atoms with van der Waals surface area (Å²) in [6.45, 7) is 0. The molecule has 0 aliphatic rings. The van der Waals surface area contributed by atoms with E-state index >= 15 is 0 Å². The van der Waals surface area contributed by atoms with Crippen molar-refractivity contribution in [1.29, 1.82) is 0 Å². The van der Waals surface area contributed by atoms with Gasteiger partial charge in [0.05, 0.1) is 5.75 Å². The van der Waals surface area contributed by atoms with Gasteiger partial charge in [-0.3, -0.25) is 4.79 Å². The van der Waals surface area contributed by atoms with E-state index in [1.165, 1.54) is 36.0 Å². The summed E-state index contributed by atoms with van der Waals surface area (Å²) in [7, 11) is 0. The Morgan fingerprint density at radius 2 is 1.65 bits per heavy atom. The van der Waals surface area contributed by atoms with Crippen molar-refractivity contribution in [3.05, 3.63) is 66.0 Å². The van der Waals surface area contributed by atoms with Crippen LogP contribution in [0.3, 0.4) is 0 Å². The predicted molar refractivity (Wildman–Crippen MR) is 67.9 cm³/mol. The van der Waals surface area contributed by atoms with Crippen molar-refractivity contribution in [2.45, 2.75) is 4.90 Å². The molecule has 0 bridgehead atoms. The van der Waals surface area contributed by atoms with E-state index < -0.39 is 0 Å². The third-order valence-electron chi connectivity index (χ3n) is 2.28. The molecule has 0 unspecified atom stereocenters. The summed E-state index contributed by atoms with van der Waals surface area (Å²) in [5.41, 5.74) is 0.551. The molecule has 0 N–H and O–H groups in total. The van der Waals surface area contributed by atoms with Gasteiger partial charge in [-0.25, -0.2) is 4.39 Å². The summed E-state index contributed by atoms with van der Waals surface area (Å²) < 4.78 is 12.7. The highest BCUT2D eigenvalue weighted by Crippen LogP contribution is 2.18. The van der Waals surface area contributed by atoms with Crippen molar-refractivity contribution in [2.24, 2.45) is 0 Å². The van der Waals surface area contributed by atoms with Crippen molar-refractivity contribution in [2.75, 3.05) is 5.75 Å². The first kappa shape index (κ1) is 11.9. The van der Waals surface area contributed by atoms with Gasteiger partial charge in [0.15, 0.2) is 5.78 Å². The number of hydrogen-bond donors (Lipinski definition) is 0. The molecule has 2 aromatic rings. The fraction of sp³-hybridized carbons (Fsp3) is 0.0714. The van der Waals surface area contributed by atoms with Gasteiger partial charge in [-0.15, -0.1) is 11.8 Å². The van der Waals surface area contributed by atoms with Crippen molar-refractivity contribution in [3.8, 4) is 0 Å². The molecular weight excluding hydrogens is 235 g/mol. The average Bonchev–Trinajstić information content (AvgIpc) is 2.38. The lowest BCUT2D eigenvalue weighted by atomic mass is 10.1. The molecule has 2 rings (SSSR count). The van der Waals surface area contributed by atoms with Crippen molar-refractivity contribution >= 4 is 17.5 Å². The van der Waals surface area contributed by atoms with E-state index in [4.69, 9.17) is 0 Å². The average molecular weight is 246 g/mol. The number of ketones is 1. The first-order valence-electron chi connectivity index (χ1n) is 5.22. The Kier molecular flexibility index (Phi) is 3.94. The van der Waals surface area contributed by atoms with Gasteiger partial charge in [-0.05, 0) is 36.4 Å². The Hall–Kier alpha value is -1.61. The van der Waals surface area contributed by atoms with Crippen LogP contribution >= 0.6 is 11.8 Å². The summed E-state index contributed by atoms with van der Waals surface area (Å²) in [5.74, 6) is 0.0615. The molecule has 0 radical (unpaired) electrons. The monoisotopic (exact) mass is 246 g/mol. The zero-order valence-corrected chi connectivity index (χ0v) is 9.91. The lowest BCUT2D eigenvalue weighted by molar-refractivity contribution is 0.102. The number of rotatable bonds is 4. The molecule has 3 heteroatoms. The number of carbonyl (C=O) groups excluding carboxylic acids is 1. The highest BCUT2D eigenvalue weighted by molar-refractivity contribution is 8.00. The molecule has 86 valence electrons. The van der Waals surface area contributed by atoms with Crippen LogP contribution in [-0.4, -0.2) is 11.5 Å². The molecule has 0 aliphatic heterocycles. The minimum absolute atomic E-state index is 0.0128. The van der Waals surface area contributed by atoms with Gasteiger partial charge >= 0.3 is 0 Å². The van der Waals surface area contributed by atoms with Gasteiger partial charge < -0.3 is 0 Å². The highest BCUT2D eigenvalue weighted by Gasteiger charge is 2.06. The predicted octanol–water partition coefficient (Wildman–Crippen LogP) is 3.80. The van der Waals surface area contributed by atoms with Gasteiger partial charge in [-0.2, -0.15) is 0 Å². The van der Waals surface area contributed by atoms with Crippen LogP contribution in [-0.2, 0) is 0 Å². The zero-order chi connectivity index (χ0) is 12.1. The second-order valence-corrected chi connectivity index (χ2v) is 4.58. The van der Waals surface area contributed by atoms with Crippen LogP contribution in [0.25, 0.3) is 0 Å². The van der Waals surface area contributed by atoms with Gasteiger partial charge in [0.2, 0.25) is 0 Å². The molecule has 0 aliphatic carbocycles. The maximum absolute atomic E-state index is 12.7. The van der Waals surface area contributed by atoms with Crippen molar-refractivity contribution < 1.29 is 9.18 Å². The van der Waals surface area contributed by atoms with Crippen molar-refractivity contribution in [1.82, 2.24) is 0 Å². The molecule has 0 spiro atoms. The third-order valence-corrected chi connectivity index (χ3v) is 3.29. The normalized spacial score (nSPS) is 10.2. The number of carbonyl (C=O) groups is 1. The van der Waals surface area contributed by atoms with E-state index in [0.717, 1.165) is 4.90 Å². The van der Waals surface area contributed by atoms with Crippen LogP contribution in [0.2, 0.25) is 0 Å². The Labute approximate surface area is 104 Å². The minimum atomic E-state index is -0.322. The Balaban J connectivity index is 1.96. The summed E-state index contributed by atoms with van der Waals surface area (Å²) >= 11 is 1.48. The van der Waals surface area contributed by atoms with E-state index in [1.807, 2.05) is 30.3 Å². The molecular formula is C14H11FOS. The molecule has 17 heavy (non-hydrogen) atoms. The second-order valence-electron chi connectivity index (χ2n) is 3.53. The standard InChI is InChI=1S/C14H11FOS/c15-12-8-6-11(7-9-12)14(16)10-17-13-4-2-1-3-5-13/h1-9H,10H2. The molecule has 0 atom stereocenters. The quantitative estimate of drug-likeness (QED) is 0.603. The Bertz CT molecular complexity index is 493. The molecule has 0 fully saturated rings. The fourth-order valence-electron chi connectivity index (χ4n) is 1.38. The van der Waals surface area contributed by atoms with Crippen molar-refractivity contribution in [3.63, 3.8) is 0 Å². The molecule has 0 saturated heterocycles. The summed E-state index contributed by atoms with van der Waals surface area (Å²) in [4.78, 5) is 12.8. The molecule has 2 aromatic carbocycles. The smallest absolute Gasteiger partial charge is 0.173 e. The topological polar surface area (TPSA) is 17.1 Å². The SMILES string of the molecule is O=C(CSc1ccccc1)c1ccc(F)cc1. The Morgan fingerprint density at radius 1 is 1.00 bits per heavy atom. The van der Waals surface area contributed by atoms with Crippen LogP contribution in [0.15, 0.2) is 59.5 Å². The Morgan fingerprint density at radius 3 is 2.29 bits per heavy atom. The van der Waals surface area contributed by atoms with E-state index in [9.17, 15) is 9.18 Å². The van der Waals surface area contributed by atoms with Crippen LogP contribution in [0.4, 0.5) is 4.39 Å². The van der Waals surface area contributed by atoms with Crippen LogP contribution in [0.5, 0.6) is 0 Å². The van der Waals surface area contributed by atoms with E-state index in [-0.39, 0.29) is 11.6 Å². The number of benzene rings is 2. The number of thioether (sulfide) groups is 1. The summed E-state index contributed by atoms with van der Waals surface area (Å²) in [6.07, 6.45) is 0. The van der Waals surface area contributed by atoms with E-state index in [2.05, 4.69) is 0 Å². The maximum Gasteiger partial charge on any atom is 0.173 e. The molecule has 0 heterocycles. The summed E-state index contributed by atoms with van der Waals surface area (Å²) in [5, 5.41) is 0. The lowest BCUT2D eigenvalue weighted by Crippen LogP contribution is -2.01. The van der Waals surface area contributed by atoms with E-state index in [0.29, 0.717) is 11.3 Å².